The Balaban J connectivity index is 1.72. The van der Waals surface area contributed by atoms with E-state index in [1.807, 2.05) is 24.3 Å². The maximum atomic E-state index is 9.10. The zero-order chi connectivity index (χ0) is 14.3. The van der Waals surface area contributed by atoms with Gasteiger partial charge >= 0.3 is 0 Å². The van der Waals surface area contributed by atoms with Crippen molar-refractivity contribution in [3.8, 4) is 6.07 Å². The molecule has 0 aromatic heterocycles. The van der Waals surface area contributed by atoms with Crippen molar-refractivity contribution in [2.75, 3.05) is 19.7 Å². The van der Waals surface area contributed by atoms with E-state index >= 15 is 0 Å². The van der Waals surface area contributed by atoms with Gasteiger partial charge in [-0.2, -0.15) is 5.26 Å². The van der Waals surface area contributed by atoms with E-state index < -0.39 is 0 Å². The monoisotopic (exact) mass is 270 g/mol. The number of hydrogen-bond acceptors (Lipinski definition) is 3. The van der Waals surface area contributed by atoms with Crippen molar-refractivity contribution >= 4 is 6.08 Å². The van der Waals surface area contributed by atoms with Crippen LogP contribution in [0.25, 0.3) is 6.08 Å². The number of aliphatic hydroxyl groups excluding tert-OH is 1. The molecule has 0 heterocycles. The summed E-state index contributed by atoms with van der Waals surface area (Å²) in [6.07, 6.45) is 8.85. The molecule has 3 nitrogen and oxygen atoms in total. The molecule has 0 bridgehead atoms. The van der Waals surface area contributed by atoms with Crippen molar-refractivity contribution < 1.29 is 5.11 Å². The van der Waals surface area contributed by atoms with E-state index in [-0.39, 0.29) is 0 Å². The molecule has 1 fully saturated rings. The van der Waals surface area contributed by atoms with Gasteiger partial charge in [0.25, 0.3) is 0 Å². The molecule has 1 aliphatic rings. The highest BCUT2D eigenvalue weighted by Crippen LogP contribution is 2.42. The molecule has 0 aliphatic heterocycles. The molecule has 0 atom stereocenters. The number of hydrogen-bond donors (Lipinski definition) is 2. The topological polar surface area (TPSA) is 56.0 Å². The number of nitrogens with zero attached hydrogens (tertiary/aromatic N) is 1. The van der Waals surface area contributed by atoms with Gasteiger partial charge < -0.3 is 10.4 Å². The molecule has 0 radical (unpaired) electrons. The van der Waals surface area contributed by atoms with Crippen molar-refractivity contribution in [3.63, 3.8) is 0 Å². The van der Waals surface area contributed by atoms with Crippen molar-refractivity contribution in [1.29, 1.82) is 5.26 Å². The minimum absolute atomic E-state index is 0.294. The maximum absolute atomic E-state index is 9.10. The Morgan fingerprint density at radius 1 is 1.30 bits per heavy atom. The Kier molecular flexibility index (Phi) is 5.34. The van der Waals surface area contributed by atoms with E-state index in [1.54, 1.807) is 0 Å². The van der Waals surface area contributed by atoms with Crippen LogP contribution in [0, 0.1) is 16.7 Å². The van der Waals surface area contributed by atoms with Gasteiger partial charge in [0.2, 0.25) is 0 Å². The van der Waals surface area contributed by atoms with Crippen LogP contribution in [0.5, 0.6) is 0 Å². The molecule has 1 aromatic carbocycles. The van der Waals surface area contributed by atoms with E-state index in [9.17, 15) is 0 Å². The fourth-order valence-corrected chi connectivity index (χ4v) is 2.71. The number of benzene rings is 1. The molecule has 3 heteroatoms. The average Bonchev–Trinajstić information content (AvgIpc) is 2.44. The molecule has 0 amide bonds. The third-order valence-corrected chi connectivity index (χ3v) is 4.17. The Morgan fingerprint density at radius 2 is 2.05 bits per heavy atom. The maximum Gasteiger partial charge on any atom is 0.0991 e. The fourth-order valence-electron chi connectivity index (χ4n) is 2.71. The van der Waals surface area contributed by atoms with Gasteiger partial charge in [0.05, 0.1) is 11.6 Å². The third kappa shape index (κ3) is 3.93. The van der Waals surface area contributed by atoms with Crippen LogP contribution in [0.3, 0.4) is 0 Å². The predicted octanol–water partition coefficient (Wildman–Crippen LogP) is 2.71. The average molecular weight is 270 g/mol. The number of aliphatic hydroxyl groups is 1. The lowest BCUT2D eigenvalue weighted by Crippen LogP contribution is -2.40. The van der Waals surface area contributed by atoms with Crippen molar-refractivity contribution in [3.05, 3.63) is 41.5 Å². The lowest BCUT2D eigenvalue weighted by atomic mass is 9.67. The minimum Gasteiger partial charge on any atom is -0.396 e. The smallest absolute Gasteiger partial charge is 0.0991 e. The van der Waals surface area contributed by atoms with Gasteiger partial charge in [-0.3, -0.25) is 0 Å². The Bertz CT molecular complexity index is 481. The standard InChI is InChI=1S/C17H22N2O/c18-13-16-6-4-15(5-7-16)3-1-11-19-14-17(10-12-20)8-2-9-17/h1,3-7,19-20H,2,8-12,14H2/b3-1+. The number of rotatable bonds is 7. The van der Waals surface area contributed by atoms with Gasteiger partial charge in [0, 0.05) is 19.7 Å². The summed E-state index contributed by atoms with van der Waals surface area (Å²) in [4.78, 5) is 0. The highest BCUT2D eigenvalue weighted by molar-refractivity contribution is 5.51. The van der Waals surface area contributed by atoms with Gasteiger partial charge in [-0.25, -0.2) is 0 Å². The predicted molar refractivity (Wildman–Crippen MR) is 81.0 cm³/mol. The van der Waals surface area contributed by atoms with Gasteiger partial charge in [0.15, 0.2) is 0 Å². The summed E-state index contributed by atoms with van der Waals surface area (Å²) in [6.45, 7) is 2.13. The van der Waals surface area contributed by atoms with Crippen LogP contribution in [0.4, 0.5) is 0 Å². The largest absolute Gasteiger partial charge is 0.396 e. The zero-order valence-corrected chi connectivity index (χ0v) is 11.8. The Hall–Kier alpha value is -1.63. The number of nitriles is 1. The minimum atomic E-state index is 0.294. The van der Waals surface area contributed by atoms with Crippen LogP contribution in [-0.4, -0.2) is 24.8 Å². The van der Waals surface area contributed by atoms with Crippen LogP contribution >= 0.6 is 0 Å². The highest BCUT2D eigenvalue weighted by atomic mass is 16.3. The molecule has 1 saturated carbocycles. The first-order valence-corrected chi connectivity index (χ1v) is 7.26. The number of nitrogens with one attached hydrogen (secondary N) is 1. The zero-order valence-electron chi connectivity index (χ0n) is 11.8. The van der Waals surface area contributed by atoms with Crippen LogP contribution in [0.1, 0.15) is 36.8 Å². The molecule has 0 unspecified atom stereocenters. The summed E-state index contributed by atoms with van der Waals surface area (Å²) in [5, 5.41) is 21.3. The van der Waals surface area contributed by atoms with Gasteiger partial charge in [0.1, 0.15) is 0 Å². The summed E-state index contributed by atoms with van der Waals surface area (Å²) >= 11 is 0. The first-order valence-electron chi connectivity index (χ1n) is 7.26. The van der Waals surface area contributed by atoms with Gasteiger partial charge in [-0.05, 0) is 42.4 Å². The van der Waals surface area contributed by atoms with E-state index in [4.69, 9.17) is 10.4 Å². The first-order chi connectivity index (χ1) is 9.78. The summed E-state index contributed by atoms with van der Waals surface area (Å²) in [7, 11) is 0. The molecule has 20 heavy (non-hydrogen) atoms. The van der Waals surface area contributed by atoms with E-state index in [0.717, 1.165) is 25.1 Å². The van der Waals surface area contributed by atoms with Crippen molar-refractivity contribution in [2.24, 2.45) is 5.41 Å². The van der Waals surface area contributed by atoms with Crippen LogP contribution < -0.4 is 5.32 Å². The van der Waals surface area contributed by atoms with Gasteiger partial charge in [-0.15, -0.1) is 0 Å². The Morgan fingerprint density at radius 3 is 2.60 bits per heavy atom. The molecular weight excluding hydrogens is 248 g/mol. The molecule has 106 valence electrons. The van der Waals surface area contributed by atoms with Crippen molar-refractivity contribution in [2.45, 2.75) is 25.7 Å². The SMILES string of the molecule is N#Cc1ccc(/C=C/CNCC2(CCO)CCC2)cc1. The lowest BCUT2D eigenvalue weighted by Gasteiger charge is -2.42. The molecule has 1 aliphatic carbocycles. The summed E-state index contributed by atoms with van der Waals surface area (Å²) in [5.41, 5.74) is 2.15. The lowest BCUT2D eigenvalue weighted by molar-refractivity contribution is 0.0875. The van der Waals surface area contributed by atoms with Crippen molar-refractivity contribution in [1.82, 2.24) is 5.32 Å². The molecule has 2 rings (SSSR count). The molecule has 1 aromatic rings. The molecule has 2 N–H and O–H groups in total. The molecule has 0 spiro atoms. The van der Waals surface area contributed by atoms with E-state index in [1.165, 1.54) is 19.3 Å². The van der Waals surface area contributed by atoms with E-state index in [2.05, 4.69) is 23.5 Å². The highest BCUT2D eigenvalue weighted by Gasteiger charge is 2.35. The van der Waals surface area contributed by atoms with Crippen LogP contribution in [-0.2, 0) is 0 Å². The molecular formula is C17H22N2O. The summed E-state index contributed by atoms with van der Waals surface area (Å²) in [6, 6.07) is 9.68. The van der Waals surface area contributed by atoms with Crippen LogP contribution in [0.15, 0.2) is 30.3 Å². The third-order valence-electron chi connectivity index (χ3n) is 4.17. The quantitative estimate of drug-likeness (QED) is 0.749. The fraction of sp³-hybridized carbons (Fsp3) is 0.471. The Labute approximate surface area is 120 Å². The first kappa shape index (κ1) is 14.8. The molecule has 0 saturated heterocycles. The second-order valence-electron chi connectivity index (χ2n) is 5.59. The second-order valence-corrected chi connectivity index (χ2v) is 5.59. The van der Waals surface area contributed by atoms with E-state index in [0.29, 0.717) is 17.6 Å². The van der Waals surface area contributed by atoms with Crippen LogP contribution in [0.2, 0.25) is 0 Å². The van der Waals surface area contributed by atoms with Gasteiger partial charge in [-0.1, -0.05) is 30.7 Å². The second kappa shape index (κ2) is 7.23. The summed E-state index contributed by atoms with van der Waals surface area (Å²) in [5.74, 6) is 0. The normalized spacial score (nSPS) is 16.8. The summed E-state index contributed by atoms with van der Waals surface area (Å²) < 4.78 is 0.